The fraction of sp³-hybridized carbons (Fsp3) is 0.900. The Morgan fingerprint density at radius 3 is 2.46 bits per heavy atom. The van der Waals surface area contributed by atoms with Gasteiger partial charge in [-0.3, -0.25) is 4.79 Å². The van der Waals surface area contributed by atoms with Crippen LogP contribution >= 0.6 is 0 Å². The van der Waals surface area contributed by atoms with Gasteiger partial charge in [0.05, 0.1) is 5.92 Å². The van der Waals surface area contributed by atoms with Gasteiger partial charge in [0.15, 0.2) is 0 Å². The zero-order valence-corrected chi connectivity index (χ0v) is 8.75. The number of hydrogen-bond donors (Lipinski definition) is 1. The summed E-state index contributed by atoms with van der Waals surface area (Å²) in [6.45, 7) is 7.32. The summed E-state index contributed by atoms with van der Waals surface area (Å²) >= 11 is 0. The summed E-state index contributed by atoms with van der Waals surface area (Å²) in [5.74, 6) is -0.437. The molecule has 0 heterocycles. The van der Waals surface area contributed by atoms with Crippen LogP contribution in [0.5, 0.6) is 0 Å². The third-order valence-corrected chi connectivity index (χ3v) is 1.90. The van der Waals surface area contributed by atoms with Crippen molar-refractivity contribution in [3.63, 3.8) is 0 Å². The highest BCUT2D eigenvalue weighted by Gasteiger charge is 2.14. The standard InChI is InChI=1S/C10H20O3/c1-4-9(10(11)12)5-6-13-7-8(2)3/h8-9H,4-7H2,1-3H3,(H,11,12). The first-order valence-corrected chi connectivity index (χ1v) is 4.88. The van der Waals surface area contributed by atoms with Crippen LogP contribution in [0.1, 0.15) is 33.6 Å². The fourth-order valence-electron chi connectivity index (χ4n) is 1.05. The topological polar surface area (TPSA) is 46.5 Å². The molecule has 3 heteroatoms. The third kappa shape index (κ3) is 6.58. The average Bonchev–Trinajstić information content (AvgIpc) is 2.03. The molecule has 1 atom stereocenters. The van der Waals surface area contributed by atoms with E-state index in [0.717, 1.165) is 6.61 Å². The Morgan fingerprint density at radius 2 is 2.08 bits per heavy atom. The van der Waals surface area contributed by atoms with Crippen LogP contribution in [0, 0.1) is 11.8 Å². The summed E-state index contributed by atoms with van der Waals surface area (Å²) in [6.07, 6.45) is 1.30. The van der Waals surface area contributed by atoms with Crippen molar-refractivity contribution in [3.05, 3.63) is 0 Å². The Morgan fingerprint density at radius 1 is 1.46 bits per heavy atom. The van der Waals surface area contributed by atoms with Crippen LogP contribution in [0.15, 0.2) is 0 Å². The van der Waals surface area contributed by atoms with Crippen LogP contribution in [0.4, 0.5) is 0 Å². The lowest BCUT2D eigenvalue weighted by molar-refractivity contribution is -0.142. The molecule has 0 bridgehead atoms. The normalized spacial score (nSPS) is 13.2. The summed E-state index contributed by atoms with van der Waals surface area (Å²) in [5.41, 5.74) is 0. The second kappa shape index (κ2) is 6.89. The number of carboxylic acid groups (broad SMARTS) is 1. The van der Waals surface area contributed by atoms with E-state index in [4.69, 9.17) is 9.84 Å². The van der Waals surface area contributed by atoms with Gasteiger partial charge in [0.1, 0.15) is 0 Å². The molecule has 0 aromatic heterocycles. The van der Waals surface area contributed by atoms with Gasteiger partial charge in [0.25, 0.3) is 0 Å². The van der Waals surface area contributed by atoms with Crippen molar-refractivity contribution >= 4 is 5.97 Å². The van der Waals surface area contributed by atoms with Crippen LogP contribution in [-0.2, 0) is 9.53 Å². The summed E-state index contributed by atoms with van der Waals surface area (Å²) in [5, 5.41) is 8.73. The van der Waals surface area contributed by atoms with E-state index in [0.29, 0.717) is 25.4 Å². The minimum absolute atomic E-state index is 0.243. The number of ether oxygens (including phenoxy) is 1. The average molecular weight is 188 g/mol. The maximum absolute atomic E-state index is 10.6. The highest BCUT2D eigenvalue weighted by Crippen LogP contribution is 2.08. The Balaban J connectivity index is 3.44. The first kappa shape index (κ1) is 12.4. The van der Waals surface area contributed by atoms with Crippen molar-refractivity contribution in [2.45, 2.75) is 33.6 Å². The van der Waals surface area contributed by atoms with E-state index in [2.05, 4.69) is 13.8 Å². The first-order chi connectivity index (χ1) is 6.07. The minimum atomic E-state index is -0.712. The zero-order chi connectivity index (χ0) is 10.3. The van der Waals surface area contributed by atoms with E-state index >= 15 is 0 Å². The number of aliphatic carboxylic acids is 1. The van der Waals surface area contributed by atoms with Crippen LogP contribution in [-0.4, -0.2) is 24.3 Å². The molecular weight excluding hydrogens is 168 g/mol. The molecule has 1 unspecified atom stereocenters. The van der Waals surface area contributed by atoms with Crippen molar-refractivity contribution in [2.24, 2.45) is 11.8 Å². The maximum Gasteiger partial charge on any atom is 0.306 e. The molecule has 78 valence electrons. The highest BCUT2D eigenvalue weighted by atomic mass is 16.5. The van der Waals surface area contributed by atoms with Gasteiger partial charge in [-0.25, -0.2) is 0 Å². The Bertz CT molecular complexity index is 143. The quantitative estimate of drug-likeness (QED) is 0.623. The third-order valence-electron chi connectivity index (χ3n) is 1.90. The molecule has 0 spiro atoms. The molecule has 0 aromatic rings. The van der Waals surface area contributed by atoms with Gasteiger partial charge < -0.3 is 9.84 Å². The van der Waals surface area contributed by atoms with E-state index in [9.17, 15) is 4.79 Å². The monoisotopic (exact) mass is 188 g/mol. The zero-order valence-electron chi connectivity index (χ0n) is 8.75. The second-order valence-electron chi connectivity index (χ2n) is 3.70. The van der Waals surface area contributed by atoms with Crippen LogP contribution in [0.25, 0.3) is 0 Å². The van der Waals surface area contributed by atoms with E-state index in [1.54, 1.807) is 0 Å². The summed E-state index contributed by atoms with van der Waals surface area (Å²) in [4.78, 5) is 10.6. The second-order valence-corrected chi connectivity index (χ2v) is 3.70. The van der Waals surface area contributed by atoms with Crippen molar-refractivity contribution < 1.29 is 14.6 Å². The van der Waals surface area contributed by atoms with Gasteiger partial charge in [-0.05, 0) is 18.8 Å². The van der Waals surface area contributed by atoms with Gasteiger partial charge >= 0.3 is 5.97 Å². The molecule has 0 saturated carbocycles. The van der Waals surface area contributed by atoms with Crippen LogP contribution < -0.4 is 0 Å². The van der Waals surface area contributed by atoms with Crippen molar-refractivity contribution in [1.82, 2.24) is 0 Å². The lowest BCUT2D eigenvalue weighted by atomic mass is 10.0. The number of carbonyl (C=O) groups is 1. The predicted octanol–water partition coefficient (Wildman–Crippen LogP) is 2.16. The molecule has 0 fully saturated rings. The van der Waals surface area contributed by atoms with Crippen LogP contribution in [0.3, 0.4) is 0 Å². The van der Waals surface area contributed by atoms with Crippen molar-refractivity contribution in [2.75, 3.05) is 13.2 Å². The van der Waals surface area contributed by atoms with Crippen LogP contribution in [0.2, 0.25) is 0 Å². The van der Waals surface area contributed by atoms with Gasteiger partial charge in [-0.1, -0.05) is 20.8 Å². The van der Waals surface area contributed by atoms with E-state index in [1.165, 1.54) is 0 Å². The Hall–Kier alpha value is -0.570. The van der Waals surface area contributed by atoms with Crippen molar-refractivity contribution in [3.8, 4) is 0 Å². The largest absolute Gasteiger partial charge is 0.481 e. The Labute approximate surface area is 80.1 Å². The number of rotatable bonds is 7. The maximum atomic E-state index is 10.6. The molecule has 0 radical (unpaired) electrons. The first-order valence-electron chi connectivity index (χ1n) is 4.88. The molecule has 0 amide bonds. The van der Waals surface area contributed by atoms with E-state index in [-0.39, 0.29) is 5.92 Å². The molecule has 0 aliphatic rings. The summed E-state index contributed by atoms with van der Waals surface area (Å²) < 4.78 is 5.31. The highest BCUT2D eigenvalue weighted by molar-refractivity contribution is 5.69. The molecule has 0 saturated heterocycles. The number of carboxylic acids is 1. The Kier molecular flexibility index (Phi) is 6.59. The molecule has 0 aromatic carbocycles. The van der Waals surface area contributed by atoms with Gasteiger partial charge in [0.2, 0.25) is 0 Å². The minimum Gasteiger partial charge on any atom is -0.481 e. The summed E-state index contributed by atoms with van der Waals surface area (Å²) in [7, 11) is 0. The fourth-order valence-corrected chi connectivity index (χ4v) is 1.05. The molecule has 1 N–H and O–H groups in total. The smallest absolute Gasteiger partial charge is 0.306 e. The molecule has 0 aliphatic heterocycles. The molecule has 0 rings (SSSR count). The lowest BCUT2D eigenvalue weighted by Crippen LogP contribution is -2.15. The predicted molar refractivity (Wildman–Crippen MR) is 51.7 cm³/mol. The van der Waals surface area contributed by atoms with Gasteiger partial charge in [-0.2, -0.15) is 0 Å². The molecular formula is C10H20O3. The van der Waals surface area contributed by atoms with E-state index < -0.39 is 5.97 Å². The number of hydrogen-bond acceptors (Lipinski definition) is 2. The van der Waals surface area contributed by atoms with E-state index in [1.807, 2.05) is 6.92 Å². The molecule has 3 nitrogen and oxygen atoms in total. The molecule has 13 heavy (non-hydrogen) atoms. The lowest BCUT2D eigenvalue weighted by Gasteiger charge is -2.10. The van der Waals surface area contributed by atoms with Crippen molar-refractivity contribution in [1.29, 1.82) is 0 Å². The SMILES string of the molecule is CCC(CCOCC(C)C)C(=O)O. The molecule has 0 aliphatic carbocycles. The summed E-state index contributed by atoms with van der Waals surface area (Å²) in [6, 6.07) is 0. The van der Waals surface area contributed by atoms with Gasteiger partial charge in [-0.15, -0.1) is 0 Å². The van der Waals surface area contributed by atoms with Gasteiger partial charge in [0, 0.05) is 13.2 Å².